The summed E-state index contributed by atoms with van der Waals surface area (Å²) in [6.45, 7) is 0.0132. The molecular weight excluding hydrogens is 198 g/mol. The van der Waals surface area contributed by atoms with Crippen molar-refractivity contribution in [2.45, 2.75) is 12.9 Å². The molecule has 0 aliphatic carbocycles. The Morgan fingerprint density at radius 3 is 1.50 bits per heavy atom. The second-order valence-electron chi connectivity index (χ2n) is 2.65. The van der Waals surface area contributed by atoms with Crippen molar-refractivity contribution in [3.05, 3.63) is 0 Å². The van der Waals surface area contributed by atoms with E-state index in [0.717, 1.165) is 0 Å². The van der Waals surface area contributed by atoms with Crippen LogP contribution in [0.3, 0.4) is 0 Å². The SMILES string of the molecule is Cl.FC(F)C1CNCC1C(F)F. The Morgan fingerprint density at radius 2 is 1.25 bits per heavy atom. The van der Waals surface area contributed by atoms with Crippen molar-refractivity contribution in [3.63, 3.8) is 0 Å². The van der Waals surface area contributed by atoms with Gasteiger partial charge in [-0.1, -0.05) is 0 Å². The van der Waals surface area contributed by atoms with Crippen LogP contribution in [0.1, 0.15) is 0 Å². The van der Waals surface area contributed by atoms with E-state index < -0.39 is 24.7 Å². The standard InChI is InChI=1S/C6H9F4N.ClH/c7-5(8)3-1-11-2-4(3)6(9)10;/h3-6,11H,1-2H2;1H. The van der Waals surface area contributed by atoms with Crippen molar-refractivity contribution in [2.24, 2.45) is 11.8 Å². The van der Waals surface area contributed by atoms with Gasteiger partial charge in [-0.15, -0.1) is 12.4 Å². The zero-order valence-corrected chi connectivity index (χ0v) is 6.96. The summed E-state index contributed by atoms with van der Waals surface area (Å²) in [4.78, 5) is 0. The molecule has 1 saturated heterocycles. The van der Waals surface area contributed by atoms with Gasteiger partial charge >= 0.3 is 0 Å². The van der Waals surface area contributed by atoms with Gasteiger partial charge in [-0.05, 0) is 0 Å². The van der Waals surface area contributed by atoms with Gasteiger partial charge in [0.25, 0.3) is 0 Å². The van der Waals surface area contributed by atoms with Crippen molar-refractivity contribution >= 4 is 12.4 Å². The fraction of sp³-hybridized carbons (Fsp3) is 1.00. The lowest BCUT2D eigenvalue weighted by atomic mass is 9.97. The predicted octanol–water partition coefficient (Wildman–Crippen LogP) is 1.77. The molecule has 0 radical (unpaired) electrons. The van der Waals surface area contributed by atoms with E-state index in [4.69, 9.17) is 0 Å². The van der Waals surface area contributed by atoms with Gasteiger partial charge in [0, 0.05) is 24.9 Å². The first kappa shape index (κ1) is 12.0. The Hall–Kier alpha value is -0.0300. The quantitative estimate of drug-likeness (QED) is 0.681. The van der Waals surface area contributed by atoms with Crippen molar-refractivity contribution in [1.29, 1.82) is 0 Å². The number of hydrogen-bond donors (Lipinski definition) is 1. The number of alkyl halides is 4. The van der Waals surface area contributed by atoms with Crippen LogP contribution < -0.4 is 5.32 Å². The molecule has 2 atom stereocenters. The van der Waals surface area contributed by atoms with E-state index in [2.05, 4.69) is 5.32 Å². The van der Waals surface area contributed by atoms with Crippen molar-refractivity contribution < 1.29 is 17.6 Å². The lowest BCUT2D eigenvalue weighted by Crippen LogP contribution is -2.25. The molecule has 2 unspecified atom stereocenters. The van der Waals surface area contributed by atoms with Crippen LogP contribution in [-0.2, 0) is 0 Å². The van der Waals surface area contributed by atoms with Crippen LogP contribution in [0, 0.1) is 11.8 Å². The molecule has 0 aromatic rings. The highest BCUT2D eigenvalue weighted by Crippen LogP contribution is 2.28. The van der Waals surface area contributed by atoms with Crippen molar-refractivity contribution in [1.82, 2.24) is 5.32 Å². The lowest BCUT2D eigenvalue weighted by molar-refractivity contribution is -0.00152. The highest BCUT2D eigenvalue weighted by molar-refractivity contribution is 5.85. The highest BCUT2D eigenvalue weighted by Gasteiger charge is 2.39. The van der Waals surface area contributed by atoms with E-state index in [0.29, 0.717) is 0 Å². The van der Waals surface area contributed by atoms with Gasteiger partial charge < -0.3 is 5.32 Å². The minimum atomic E-state index is -2.64. The highest BCUT2D eigenvalue weighted by atomic mass is 35.5. The van der Waals surface area contributed by atoms with E-state index in [-0.39, 0.29) is 25.5 Å². The van der Waals surface area contributed by atoms with Crippen LogP contribution in [0.5, 0.6) is 0 Å². The summed E-state index contributed by atoms with van der Waals surface area (Å²) in [5.74, 6) is -2.34. The second kappa shape index (κ2) is 4.87. The molecule has 1 heterocycles. The Morgan fingerprint density at radius 1 is 0.917 bits per heavy atom. The molecule has 0 amide bonds. The molecule has 74 valence electrons. The summed E-state index contributed by atoms with van der Waals surface area (Å²) in [5, 5.41) is 2.53. The van der Waals surface area contributed by atoms with Crippen LogP contribution in [0.4, 0.5) is 17.6 Å². The maximum absolute atomic E-state index is 12.0. The van der Waals surface area contributed by atoms with E-state index in [1.165, 1.54) is 0 Å². The molecule has 0 bridgehead atoms. The van der Waals surface area contributed by atoms with Crippen LogP contribution in [-0.4, -0.2) is 25.9 Å². The van der Waals surface area contributed by atoms with Crippen molar-refractivity contribution in [2.75, 3.05) is 13.1 Å². The Bertz CT molecular complexity index is 119. The minimum Gasteiger partial charge on any atom is -0.316 e. The minimum absolute atomic E-state index is 0. The number of hydrogen-bond acceptors (Lipinski definition) is 1. The zero-order valence-electron chi connectivity index (χ0n) is 6.14. The molecule has 0 saturated carbocycles. The average molecular weight is 208 g/mol. The van der Waals surface area contributed by atoms with Gasteiger partial charge in [0.1, 0.15) is 0 Å². The second-order valence-corrected chi connectivity index (χ2v) is 2.65. The molecule has 6 heteroatoms. The van der Waals surface area contributed by atoms with Crippen LogP contribution in [0.15, 0.2) is 0 Å². The predicted molar refractivity (Wildman–Crippen MR) is 39.1 cm³/mol. The van der Waals surface area contributed by atoms with E-state index in [1.54, 1.807) is 0 Å². The van der Waals surface area contributed by atoms with E-state index in [9.17, 15) is 17.6 Å². The van der Waals surface area contributed by atoms with Crippen LogP contribution in [0.25, 0.3) is 0 Å². The first-order chi connectivity index (χ1) is 5.13. The van der Waals surface area contributed by atoms with Gasteiger partial charge in [-0.2, -0.15) is 0 Å². The van der Waals surface area contributed by atoms with Gasteiger partial charge in [0.05, 0.1) is 0 Å². The number of nitrogens with one attached hydrogen (secondary N) is 1. The number of halogens is 5. The molecule has 0 spiro atoms. The van der Waals surface area contributed by atoms with E-state index >= 15 is 0 Å². The van der Waals surface area contributed by atoms with Crippen molar-refractivity contribution in [3.8, 4) is 0 Å². The third-order valence-corrected chi connectivity index (χ3v) is 1.96. The fourth-order valence-electron chi connectivity index (χ4n) is 1.27. The molecule has 1 aliphatic rings. The number of rotatable bonds is 2. The molecule has 1 aliphatic heterocycles. The molecular formula is C6H10ClF4N. The largest absolute Gasteiger partial charge is 0.316 e. The summed E-state index contributed by atoms with van der Waals surface area (Å²) in [6.07, 6.45) is -5.27. The summed E-state index contributed by atoms with van der Waals surface area (Å²) >= 11 is 0. The molecule has 1 N–H and O–H groups in total. The zero-order chi connectivity index (χ0) is 8.43. The normalized spacial score (nSPS) is 29.5. The molecule has 1 rings (SSSR count). The summed E-state index contributed by atoms with van der Waals surface area (Å²) in [6, 6.07) is 0. The maximum atomic E-state index is 12.0. The molecule has 0 aromatic heterocycles. The van der Waals surface area contributed by atoms with Gasteiger partial charge in [-0.3, -0.25) is 0 Å². The Kier molecular flexibility index (Phi) is 4.85. The Balaban J connectivity index is 0.00000121. The van der Waals surface area contributed by atoms with Gasteiger partial charge in [0.2, 0.25) is 12.9 Å². The third-order valence-electron chi connectivity index (χ3n) is 1.96. The molecule has 12 heavy (non-hydrogen) atoms. The average Bonchev–Trinajstić information content (AvgIpc) is 2.32. The van der Waals surface area contributed by atoms with Crippen LogP contribution >= 0.6 is 12.4 Å². The first-order valence-corrected chi connectivity index (χ1v) is 3.40. The van der Waals surface area contributed by atoms with Gasteiger partial charge in [0.15, 0.2) is 0 Å². The lowest BCUT2D eigenvalue weighted by Gasteiger charge is -2.15. The molecule has 1 fully saturated rings. The van der Waals surface area contributed by atoms with Gasteiger partial charge in [-0.25, -0.2) is 17.6 Å². The third kappa shape index (κ3) is 2.48. The fourth-order valence-corrected chi connectivity index (χ4v) is 1.27. The maximum Gasteiger partial charge on any atom is 0.243 e. The smallest absolute Gasteiger partial charge is 0.243 e. The van der Waals surface area contributed by atoms with E-state index in [1.807, 2.05) is 0 Å². The molecule has 1 nitrogen and oxygen atoms in total. The van der Waals surface area contributed by atoms with Crippen LogP contribution in [0.2, 0.25) is 0 Å². The summed E-state index contributed by atoms with van der Waals surface area (Å²) < 4.78 is 47.9. The topological polar surface area (TPSA) is 12.0 Å². The Labute approximate surface area is 73.9 Å². The molecule has 0 aromatic carbocycles. The summed E-state index contributed by atoms with van der Waals surface area (Å²) in [7, 11) is 0. The monoisotopic (exact) mass is 207 g/mol. The summed E-state index contributed by atoms with van der Waals surface area (Å²) in [5.41, 5.74) is 0. The first-order valence-electron chi connectivity index (χ1n) is 3.40.